The van der Waals surface area contributed by atoms with E-state index < -0.39 is 0 Å². The summed E-state index contributed by atoms with van der Waals surface area (Å²) in [6, 6.07) is 19.4. The number of nitrogens with one attached hydrogen (secondary N) is 2. The van der Waals surface area contributed by atoms with E-state index >= 15 is 0 Å². The second-order valence-corrected chi connectivity index (χ2v) is 6.13. The molecule has 4 rings (SSSR count). The molecule has 4 aromatic rings. The molecule has 0 aliphatic heterocycles. The SMILES string of the molecule is Cc1nc(Oc2ccc(NC(=O)Nc3ccccc3)cc2)cc(-n2cccn2)n1. The van der Waals surface area contributed by atoms with E-state index in [0.717, 1.165) is 5.69 Å². The van der Waals surface area contributed by atoms with Crippen molar-refractivity contribution in [3.63, 3.8) is 0 Å². The van der Waals surface area contributed by atoms with Gasteiger partial charge in [-0.1, -0.05) is 18.2 Å². The predicted molar refractivity (Wildman–Crippen MR) is 109 cm³/mol. The molecule has 0 atom stereocenters. The topological polar surface area (TPSA) is 94.0 Å². The second-order valence-electron chi connectivity index (χ2n) is 6.13. The number of ether oxygens (including phenoxy) is 1. The minimum Gasteiger partial charge on any atom is -0.439 e. The minimum absolute atomic E-state index is 0.319. The monoisotopic (exact) mass is 386 g/mol. The lowest BCUT2D eigenvalue weighted by atomic mass is 10.3. The van der Waals surface area contributed by atoms with E-state index in [1.165, 1.54) is 0 Å². The molecule has 2 heterocycles. The molecule has 0 aliphatic rings. The van der Waals surface area contributed by atoms with Crippen molar-refractivity contribution in [2.75, 3.05) is 10.6 Å². The summed E-state index contributed by atoms with van der Waals surface area (Å²) in [5, 5.41) is 9.71. The minimum atomic E-state index is -0.319. The Kier molecular flexibility index (Phi) is 5.15. The van der Waals surface area contributed by atoms with E-state index in [9.17, 15) is 4.79 Å². The molecule has 0 saturated heterocycles. The molecule has 29 heavy (non-hydrogen) atoms. The van der Waals surface area contributed by atoms with Gasteiger partial charge in [0.1, 0.15) is 11.6 Å². The normalized spacial score (nSPS) is 10.4. The molecule has 8 nitrogen and oxygen atoms in total. The average molecular weight is 386 g/mol. The number of aromatic nitrogens is 4. The quantitative estimate of drug-likeness (QED) is 0.530. The molecule has 2 aromatic heterocycles. The van der Waals surface area contributed by atoms with Gasteiger partial charge in [0, 0.05) is 29.8 Å². The highest BCUT2D eigenvalue weighted by Gasteiger charge is 2.07. The van der Waals surface area contributed by atoms with Crippen molar-refractivity contribution in [2.45, 2.75) is 6.92 Å². The maximum atomic E-state index is 12.1. The number of nitrogens with zero attached hydrogens (tertiary/aromatic N) is 4. The van der Waals surface area contributed by atoms with Gasteiger partial charge in [0.15, 0.2) is 5.82 Å². The molecular formula is C21H18N6O2. The van der Waals surface area contributed by atoms with Gasteiger partial charge in [-0.15, -0.1) is 0 Å². The van der Waals surface area contributed by atoms with Crippen molar-refractivity contribution in [2.24, 2.45) is 0 Å². The van der Waals surface area contributed by atoms with Gasteiger partial charge in [-0.05, 0) is 49.4 Å². The largest absolute Gasteiger partial charge is 0.439 e. The predicted octanol–water partition coefficient (Wildman–Crippen LogP) is 4.41. The van der Waals surface area contributed by atoms with Crippen molar-refractivity contribution in [3.05, 3.63) is 84.9 Å². The van der Waals surface area contributed by atoms with Crippen LogP contribution >= 0.6 is 0 Å². The lowest BCUT2D eigenvalue weighted by Gasteiger charge is -2.10. The summed E-state index contributed by atoms with van der Waals surface area (Å²) >= 11 is 0. The first kappa shape index (κ1) is 18.2. The zero-order valence-electron chi connectivity index (χ0n) is 15.6. The molecule has 0 saturated carbocycles. The van der Waals surface area contributed by atoms with Crippen LogP contribution in [0.1, 0.15) is 5.82 Å². The Morgan fingerprint density at radius 3 is 2.34 bits per heavy atom. The molecule has 0 unspecified atom stereocenters. The summed E-state index contributed by atoms with van der Waals surface area (Å²) < 4.78 is 7.47. The van der Waals surface area contributed by atoms with Crippen molar-refractivity contribution >= 4 is 17.4 Å². The van der Waals surface area contributed by atoms with E-state index in [0.29, 0.717) is 29.0 Å². The molecule has 2 aromatic carbocycles. The van der Waals surface area contributed by atoms with E-state index in [2.05, 4.69) is 25.7 Å². The average Bonchev–Trinajstić information content (AvgIpc) is 3.25. The maximum absolute atomic E-state index is 12.1. The van der Waals surface area contributed by atoms with Crippen LogP contribution in [0.3, 0.4) is 0 Å². The number of aryl methyl sites for hydroxylation is 1. The lowest BCUT2D eigenvalue weighted by molar-refractivity contribution is 0.262. The Morgan fingerprint density at radius 2 is 1.66 bits per heavy atom. The number of urea groups is 1. The van der Waals surface area contributed by atoms with Crippen LogP contribution in [0, 0.1) is 6.92 Å². The number of para-hydroxylation sites is 1. The third kappa shape index (κ3) is 4.75. The van der Waals surface area contributed by atoms with Crippen LogP contribution in [-0.2, 0) is 0 Å². The summed E-state index contributed by atoms with van der Waals surface area (Å²) in [5.74, 6) is 2.19. The number of carbonyl (C=O) groups excluding carboxylic acids is 1. The van der Waals surface area contributed by atoms with Crippen LogP contribution in [0.25, 0.3) is 5.82 Å². The second kappa shape index (κ2) is 8.22. The summed E-state index contributed by atoms with van der Waals surface area (Å²) in [5.41, 5.74) is 1.36. The van der Waals surface area contributed by atoms with Crippen LogP contribution in [0.4, 0.5) is 16.2 Å². The molecule has 0 spiro atoms. The van der Waals surface area contributed by atoms with Gasteiger partial charge in [-0.2, -0.15) is 10.1 Å². The van der Waals surface area contributed by atoms with E-state index in [-0.39, 0.29) is 6.03 Å². The molecule has 8 heteroatoms. The summed E-state index contributed by atoms with van der Waals surface area (Å²) in [7, 11) is 0. The number of benzene rings is 2. The molecule has 0 aliphatic carbocycles. The summed E-state index contributed by atoms with van der Waals surface area (Å²) in [6.45, 7) is 1.79. The van der Waals surface area contributed by atoms with Crippen LogP contribution in [0.2, 0.25) is 0 Å². The molecule has 2 N–H and O–H groups in total. The Morgan fingerprint density at radius 1 is 0.931 bits per heavy atom. The van der Waals surface area contributed by atoms with Gasteiger partial charge in [0.2, 0.25) is 5.88 Å². The van der Waals surface area contributed by atoms with Crippen LogP contribution in [0.15, 0.2) is 79.1 Å². The smallest absolute Gasteiger partial charge is 0.323 e. The number of rotatable bonds is 5. The first-order chi connectivity index (χ1) is 14.2. The van der Waals surface area contributed by atoms with E-state index in [4.69, 9.17) is 4.74 Å². The molecular weight excluding hydrogens is 368 g/mol. The molecule has 144 valence electrons. The Balaban J connectivity index is 1.41. The highest BCUT2D eigenvalue weighted by atomic mass is 16.5. The van der Waals surface area contributed by atoms with E-state index in [1.54, 1.807) is 54.3 Å². The van der Waals surface area contributed by atoms with Crippen LogP contribution in [-0.4, -0.2) is 25.8 Å². The van der Waals surface area contributed by atoms with E-state index in [1.807, 2.05) is 36.4 Å². The van der Waals surface area contributed by atoms with Gasteiger partial charge in [0.05, 0.1) is 0 Å². The standard InChI is InChI=1S/C21H18N6O2/c1-15-23-19(27-13-5-12-22-27)14-20(24-15)29-18-10-8-17(9-11-18)26-21(28)25-16-6-3-2-4-7-16/h2-14H,1H3,(H2,25,26,28). The zero-order chi connectivity index (χ0) is 20.1. The number of amides is 2. The van der Waals surface area contributed by atoms with Crippen molar-refractivity contribution in [3.8, 4) is 17.4 Å². The third-order valence-corrected chi connectivity index (χ3v) is 3.91. The Labute approximate surface area is 167 Å². The highest BCUT2D eigenvalue weighted by Crippen LogP contribution is 2.23. The lowest BCUT2D eigenvalue weighted by Crippen LogP contribution is -2.19. The fourth-order valence-electron chi connectivity index (χ4n) is 2.64. The zero-order valence-corrected chi connectivity index (χ0v) is 15.6. The summed E-state index contributed by atoms with van der Waals surface area (Å²) in [4.78, 5) is 20.7. The fraction of sp³-hybridized carbons (Fsp3) is 0.0476. The number of hydrogen-bond donors (Lipinski definition) is 2. The Bertz CT molecular complexity index is 1100. The highest BCUT2D eigenvalue weighted by molar-refractivity contribution is 5.99. The van der Waals surface area contributed by atoms with Gasteiger partial charge in [-0.3, -0.25) is 0 Å². The number of hydrogen-bond acceptors (Lipinski definition) is 5. The molecule has 0 fully saturated rings. The number of anilines is 2. The van der Waals surface area contributed by atoms with Crippen LogP contribution < -0.4 is 15.4 Å². The summed E-state index contributed by atoms with van der Waals surface area (Å²) in [6.07, 6.45) is 3.48. The fourth-order valence-corrected chi connectivity index (χ4v) is 2.64. The first-order valence-corrected chi connectivity index (χ1v) is 8.92. The number of carbonyl (C=O) groups is 1. The third-order valence-electron chi connectivity index (χ3n) is 3.91. The maximum Gasteiger partial charge on any atom is 0.323 e. The molecule has 0 bridgehead atoms. The Hall–Kier alpha value is -4.20. The van der Waals surface area contributed by atoms with Crippen molar-refractivity contribution in [1.82, 2.24) is 19.7 Å². The molecule has 0 radical (unpaired) electrons. The van der Waals surface area contributed by atoms with Crippen LogP contribution in [0.5, 0.6) is 11.6 Å². The first-order valence-electron chi connectivity index (χ1n) is 8.92. The van der Waals surface area contributed by atoms with Gasteiger partial charge in [0.25, 0.3) is 0 Å². The van der Waals surface area contributed by atoms with Crippen molar-refractivity contribution in [1.29, 1.82) is 0 Å². The van der Waals surface area contributed by atoms with Crippen molar-refractivity contribution < 1.29 is 9.53 Å². The van der Waals surface area contributed by atoms with Gasteiger partial charge in [-0.25, -0.2) is 14.5 Å². The molecule has 2 amide bonds. The van der Waals surface area contributed by atoms with Gasteiger partial charge >= 0.3 is 6.03 Å². The van der Waals surface area contributed by atoms with Gasteiger partial charge < -0.3 is 15.4 Å².